The Bertz CT molecular complexity index is 531. The van der Waals surface area contributed by atoms with Crippen molar-refractivity contribution in [3.8, 4) is 0 Å². The molecule has 0 aliphatic heterocycles. The van der Waals surface area contributed by atoms with Crippen LogP contribution in [0.5, 0.6) is 0 Å². The molecular weight excluding hydrogens is 270 g/mol. The van der Waals surface area contributed by atoms with Crippen LogP contribution < -0.4 is 27.6 Å². The summed E-state index contributed by atoms with van der Waals surface area (Å²) < 4.78 is 0. The lowest BCUT2D eigenvalue weighted by molar-refractivity contribution is -0.384. The lowest BCUT2D eigenvalue weighted by Gasteiger charge is -2.20. The van der Waals surface area contributed by atoms with Gasteiger partial charge in [0, 0.05) is 6.07 Å². The van der Waals surface area contributed by atoms with Crippen LogP contribution in [0.2, 0.25) is 0 Å². The number of carbonyl (C=O) groups excluding carboxylic acids is 2. The molecule has 1 aromatic rings. The molecule has 0 aliphatic carbocycles. The number of nitro groups is 1. The molecule has 11 heteroatoms. The first-order valence-electron chi connectivity index (χ1n) is 5.28. The minimum Gasteiger partial charge on any atom is -0.368 e. The first kappa shape index (κ1) is 15.1. The van der Waals surface area contributed by atoms with Crippen molar-refractivity contribution in [1.82, 2.24) is 4.98 Å². The van der Waals surface area contributed by atoms with E-state index in [1.165, 1.54) is 6.07 Å². The van der Waals surface area contributed by atoms with Gasteiger partial charge in [0.15, 0.2) is 0 Å². The predicted molar refractivity (Wildman–Crippen MR) is 69.3 cm³/mol. The van der Waals surface area contributed by atoms with E-state index in [0.717, 1.165) is 11.0 Å². The van der Waals surface area contributed by atoms with Crippen molar-refractivity contribution in [2.45, 2.75) is 0 Å². The highest BCUT2D eigenvalue weighted by Gasteiger charge is 2.24. The third-order valence-corrected chi connectivity index (χ3v) is 2.19. The first-order chi connectivity index (χ1) is 9.35. The molecule has 11 nitrogen and oxygen atoms in total. The summed E-state index contributed by atoms with van der Waals surface area (Å²) in [6.07, 6.45) is 0. The molecule has 2 amide bonds. The van der Waals surface area contributed by atoms with E-state index in [9.17, 15) is 19.7 Å². The number of pyridine rings is 1. The predicted octanol–water partition coefficient (Wildman–Crippen LogP) is -1.95. The lowest BCUT2D eigenvalue weighted by atomic mass is 10.3. The number of nitrogens with two attached hydrogens (primary N) is 3. The van der Waals surface area contributed by atoms with E-state index in [1.807, 2.05) is 0 Å². The number of rotatable bonds is 7. The Morgan fingerprint density at radius 2 is 1.85 bits per heavy atom. The van der Waals surface area contributed by atoms with Crippen LogP contribution in [0, 0.1) is 10.1 Å². The van der Waals surface area contributed by atoms with Gasteiger partial charge in [-0.3, -0.25) is 19.7 Å². The maximum absolute atomic E-state index is 11.0. The van der Waals surface area contributed by atoms with Crippen molar-refractivity contribution in [1.29, 1.82) is 0 Å². The lowest BCUT2D eigenvalue weighted by Crippen LogP contribution is -2.40. The molecule has 0 spiro atoms. The van der Waals surface area contributed by atoms with E-state index in [0.29, 0.717) is 0 Å². The maximum atomic E-state index is 11.0. The summed E-state index contributed by atoms with van der Waals surface area (Å²) in [5.41, 5.74) is 11.9. The molecule has 0 bridgehead atoms. The maximum Gasteiger partial charge on any atom is 0.311 e. The highest BCUT2D eigenvalue weighted by molar-refractivity contribution is 5.85. The molecular formula is C9H13N7O4. The number of carbonyl (C=O) groups is 2. The molecule has 0 saturated heterocycles. The Hall–Kier alpha value is -2.95. The van der Waals surface area contributed by atoms with E-state index in [1.54, 1.807) is 0 Å². The van der Waals surface area contributed by atoms with Gasteiger partial charge in [-0.15, -0.1) is 0 Å². The second-order valence-electron chi connectivity index (χ2n) is 3.73. The van der Waals surface area contributed by atoms with E-state index >= 15 is 0 Å². The molecule has 20 heavy (non-hydrogen) atoms. The Kier molecular flexibility index (Phi) is 4.75. The molecule has 0 atom stereocenters. The van der Waals surface area contributed by atoms with Crippen LogP contribution in [0.25, 0.3) is 0 Å². The van der Waals surface area contributed by atoms with Gasteiger partial charge < -0.3 is 21.8 Å². The summed E-state index contributed by atoms with van der Waals surface area (Å²) in [5, 5.41) is 11.0. The fraction of sp³-hybridized carbons (Fsp3) is 0.222. The molecule has 1 aromatic heterocycles. The molecule has 0 saturated carbocycles. The molecule has 0 radical (unpaired) electrons. The van der Waals surface area contributed by atoms with E-state index < -0.39 is 35.5 Å². The first-order valence-corrected chi connectivity index (χ1v) is 5.28. The van der Waals surface area contributed by atoms with Gasteiger partial charge in [-0.05, 0) is 6.07 Å². The summed E-state index contributed by atoms with van der Waals surface area (Å²) in [4.78, 5) is 37.1. The third kappa shape index (κ3) is 3.78. The van der Waals surface area contributed by atoms with Gasteiger partial charge in [-0.25, -0.2) is 10.8 Å². The standard InChI is InChI=1S/C9H13N7O4/c10-6(17)3-15(4-7(11)18)9-5(16(19)20)1-2-8(13-9)14-12/h1-2H,3-4,12H2,(H2,10,17)(H2,11,18)(H,13,14). The zero-order valence-electron chi connectivity index (χ0n) is 10.3. The fourth-order valence-corrected chi connectivity index (χ4v) is 1.48. The highest BCUT2D eigenvalue weighted by atomic mass is 16.6. The van der Waals surface area contributed by atoms with Crippen LogP contribution in [-0.2, 0) is 9.59 Å². The van der Waals surface area contributed by atoms with Gasteiger partial charge in [0.2, 0.25) is 17.6 Å². The molecule has 0 fully saturated rings. The Morgan fingerprint density at radius 1 is 1.30 bits per heavy atom. The number of primary amides is 2. The number of anilines is 2. The monoisotopic (exact) mass is 283 g/mol. The summed E-state index contributed by atoms with van der Waals surface area (Å²) in [7, 11) is 0. The van der Waals surface area contributed by atoms with Crippen molar-refractivity contribution in [3.63, 3.8) is 0 Å². The van der Waals surface area contributed by atoms with E-state index in [2.05, 4.69) is 10.4 Å². The number of nitrogens with zero attached hydrogens (tertiary/aromatic N) is 3. The zero-order valence-corrected chi connectivity index (χ0v) is 10.3. The van der Waals surface area contributed by atoms with Crippen LogP contribution in [0.4, 0.5) is 17.3 Å². The van der Waals surface area contributed by atoms with Crippen molar-refractivity contribution in [2.24, 2.45) is 17.3 Å². The smallest absolute Gasteiger partial charge is 0.311 e. The van der Waals surface area contributed by atoms with Gasteiger partial charge in [-0.2, -0.15) is 0 Å². The molecule has 1 heterocycles. The van der Waals surface area contributed by atoms with Gasteiger partial charge in [-0.1, -0.05) is 0 Å². The Morgan fingerprint density at radius 3 is 2.25 bits per heavy atom. The highest BCUT2D eigenvalue weighted by Crippen LogP contribution is 2.27. The third-order valence-electron chi connectivity index (χ3n) is 2.19. The minimum atomic E-state index is -0.798. The number of hydrogen-bond donors (Lipinski definition) is 4. The Balaban J connectivity index is 3.30. The molecule has 7 N–H and O–H groups in total. The van der Waals surface area contributed by atoms with E-state index in [-0.39, 0.29) is 11.6 Å². The normalized spacial score (nSPS) is 9.85. The molecule has 108 valence electrons. The van der Waals surface area contributed by atoms with Crippen molar-refractivity contribution in [2.75, 3.05) is 23.4 Å². The number of hydrogen-bond acceptors (Lipinski definition) is 8. The second-order valence-corrected chi connectivity index (χ2v) is 3.73. The quantitative estimate of drug-likeness (QED) is 0.253. The van der Waals surface area contributed by atoms with Gasteiger partial charge >= 0.3 is 5.69 Å². The number of nitrogens with one attached hydrogen (secondary N) is 1. The van der Waals surface area contributed by atoms with Crippen molar-refractivity contribution >= 4 is 29.1 Å². The van der Waals surface area contributed by atoms with Gasteiger partial charge in [0.1, 0.15) is 5.82 Å². The summed E-state index contributed by atoms with van der Waals surface area (Å²) >= 11 is 0. The number of hydrazine groups is 1. The number of aromatic nitrogens is 1. The number of amides is 2. The van der Waals surface area contributed by atoms with E-state index in [4.69, 9.17) is 17.3 Å². The fourth-order valence-electron chi connectivity index (χ4n) is 1.48. The number of nitrogen functional groups attached to an aromatic ring is 1. The van der Waals surface area contributed by atoms with Crippen LogP contribution >= 0.6 is 0 Å². The van der Waals surface area contributed by atoms with Crippen LogP contribution in [0.1, 0.15) is 0 Å². The van der Waals surface area contributed by atoms with Crippen LogP contribution in [0.3, 0.4) is 0 Å². The average molecular weight is 283 g/mol. The average Bonchev–Trinajstić information content (AvgIpc) is 2.36. The van der Waals surface area contributed by atoms with Gasteiger partial charge in [0.05, 0.1) is 18.0 Å². The van der Waals surface area contributed by atoms with Crippen LogP contribution in [-0.4, -0.2) is 34.8 Å². The van der Waals surface area contributed by atoms with Crippen molar-refractivity contribution < 1.29 is 14.5 Å². The molecule has 0 aliphatic rings. The summed E-state index contributed by atoms with van der Waals surface area (Å²) in [6, 6.07) is 2.40. The van der Waals surface area contributed by atoms with Crippen LogP contribution in [0.15, 0.2) is 12.1 Å². The molecule has 0 unspecified atom stereocenters. The van der Waals surface area contributed by atoms with Crippen molar-refractivity contribution in [3.05, 3.63) is 22.2 Å². The molecule has 0 aromatic carbocycles. The SMILES string of the molecule is NNc1ccc([N+](=O)[O-])c(N(CC(N)=O)CC(N)=O)n1. The van der Waals surface area contributed by atoms with Gasteiger partial charge in [0.25, 0.3) is 0 Å². The molecule has 1 rings (SSSR count). The largest absolute Gasteiger partial charge is 0.368 e. The topological polar surface area (TPSA) is 184 Å². The summed E-state index contributed by atoms with van der Waals surface area (Å²) in [5.74, 6) is 3.45. The summed E-state index contributed by atoms with van der Waals surface area (Å²) in [6.45, 7) is -0.907. The minimum absolute atomic E-state index is 0.115. The Labute approximate surface area is 112 Å². The second kappa shape index (κ2) is 6.29. The zero-order chi connectivity index (χ0) is 15.3.